The molecule has 4 nitrogen and oxygen atoms in total. The third-order valence-corrected chi connectivity index (χ3v) is 3.16. The van der Waals surface area contributed by atoms with Crippen molar-refractivity contribution in [2.24, 2.45) is 0 Å². The van der Waals surface area contributed by atoms with E-state index in [-0.39, 0.29) is 6.61 Å². The number of nitrogens with zero attached hydrogens (tertiary/aromatic N) is 1. The Hall–Kier alpha value is -1.54. The minimum atomic E-state index is -0.113. The molecule has 1 aromatic carbocycles. The number of hydrogen-bond acceptors (Lipinski definition) is 4. The van der Waals surface area contributed by atoms with Gasteiger partial charge in [-0.05, 0) is 30.7 Å². The van der Waals surface area contributed by atoms with Crippen molar-refractivity contribution in [3.8, 4) is 17.6 Å². The number of aliphatic hydroxyl groups is 1. The van der Waals surface area contributed by atoms with Gasteiger partial charge in [-0.15, -0.1) is 0 Å². The minimum Gasteiger partial charge on any atom is -0.492 e. The van der Waals surface area contributed by atoms with Crippen LogP contribution in [0, 0.1) is 11.8 Å². The van der Waals surface area contributed by atoms with Gasteiger partial charge in [0.05, 0.1) is 6.61 Å². The normalized spacial score (nSPS) is 16.1. The highest BCUT2D eigenvalue weighted by molar-refractivity contribution is 5.38. The van der Waals surface area contributed by atoms with E-state index in [0.717, 1.165) is 50.6 Å². The summed E-state index contributed by atoms with van der Waals surface area (Å²) >= 11 is 0. The molecule has 1 fully saturated rings. The highest BCUT2D eigenvalue weighted by Crippen LogP contribution is 2.11. The Labute approximate surface area is 120 Å². The lowest BCUT2D eigenvalue weighted by atomic mass is 10.2. The minimum absolute atomic E-state index is 0.113. The van der Waals surface area contributed by atoms with E-state index in [1.54, 1.807) is 0 Å². The van der Waals surface area contributed by atoms with Crippen molar-refractivity contribution >= 4 is 0 Å². The molecule has 20 heavy (non-hydrogen) atoms. The second-order valence-corrected chi connectivity index (χ2v) is 4.64. The van der Waals surface area contributed by atoms with Crippen LogP contribution < -0.4 is 4.74 Å². The molecule has 0 unspecified atom stereocenters. The Bertz CT molecular complexity index is 439. The van der Waals surface area contributed by atoms with Gasteiger partial charge in [0.25, 0.3) is 0 Å². The maximum absolute atomic E-state index is 8.63. The zero-order valence-corrected chi connectivity index (χ0v) is 11.7. The zero-order chi connectivity index (χ0) is 14.0. The Morgan fingerprint density at radius 2 is 2.05 bits per heavy atom. The molecule has 1 aliphatic heterocycles. The van der Waals surface area contributed by atoms with E-state index in [1.807, 2.05) is 24.3 Å². The molecule has 0 amide bonds. The highest BCUT2D eigenvalue weighted by atomic mass is 16.5. The quantitative estimate of drug-likeness (QED) is 0.837. The summed E-state index contributed by atoms with van der Waals surface area (Å²) in [4.78, 5) is 2.37. The lowest BCUT2D eigenvalue weighted by Gasteiger charge is -2.18. The Morgan fingerprint density at radius 3 is 2.85 bits per heavy atom. The van der Waals surface area contributed by atoms with Gasteiger partial charge in [0.1, 0.15) is 19.0 Å². The number of hydrogen-bond donors (Lipinski definition) is 1. The molecule has 0 spiro atoms. The molecule has 1 saturated heterocycles. The zero-order valence-electron chi connectivity index (χ0n) is 11.7. The van der Waals surface area contributed by atoms with Crippen LogP contribution in [-0.4, -0.2) is 56.1 Å². The SMILES string of the molecule is OCC#Cc1ccc(OCCN2CCCOCC2)cc1. The first-order chi connectivity index (χ1) is 9.88. The average Bonchev–Trinajstić information content (AvgIpc) is 2.75. The van der Waals surface area contributed by atoms with Crippen molar-refractivity contribution in [3.05, 3.63) is 29.8 Å². The van der Waals surface area contributed by atoms with Crippen molar-refractivity contribution in [3.63, 3.8) is 0 Å². The van der Waals surface area contributed by atoms with Gasteiger partial charge in [0.15, 0.2) is 0 Å². The Kier molecular flexibility index (Phi) is 6.39. The van der Waals surface area contributed by atoms with Crippen LogP contribution in [0.2, 0.25) is 0 Å². The molecule has 1 aliphatic rings. The first kappa shape index (κ1) is 14.9. The molecule has 0 bridgehead atoms. The third-order valence-electron chi connectivity index (χ3n) is 3.16. The van der Waals surface area contributed by atoms with Gasteiger partial charge in [-0.3, -0.25) is 4.90 Å². The summed E-state index contributed by atoms with van der Waals surface area (Å²) in [5.74, 6) is 6.33. The molecule has 0 aromatic heterocycles. The Morgan fingerprint density at radius 1 is 1.20 bits per heavy atom. The summed E-state index contributed by atoms with van der Waals surface area (Å²) in [6.45, 7) is 5.25. The fourth-order valence-electron chi connectivity index (χ4n) is 2.09. The molecule has 1 heterocycles. The maximum atomic E-state index is 8.63. The molecule has 4 heteroatoms. The van der Waals surface area contributed by atoms with Gasteiger partial charge in [0.2, 0.25) is 0 Å². The molecule has 0 saturated carbocycles. The van der Waals surface area contributed by atoms with Gasteiger partial charge < -0.3 is 14.6 Å². The van der Waals surface area contributed by atoms with Gasteiger partial charge >= 0.3 is 0 Å². The van der Waals surface area contributed by atoms with Gasteiger partial charge in [0, 0.05) is 31.8 Å². The maximum Gasteiger partial charge on any atom is 0.119 e. The van der Waals surface area contributed by atoms with Crippen LogP contribution in [0.4, 0.5) is 0 Å². The Balaban J connectivity index is 1.73. The average molecular weight is 275 g/mol. The largest absolute Gasteiger partial charge is 0.492 e. The van der Waals surface area contributed by atoms with Crippen LogP contribution in [0.3, 0.4) is 0 Å². The monoisotopic (exact) mass is 275 g/mol. The molecular formula is C16H21NO3. The van der Waals surface area contributed by atoms with Crippen LogP contribution in [0.15, 0.2) is 24.3 Å². The third kappa shape index (κ3) is 5.22. The van der Waals surface area contributed by atoms with Gasteiger partial charge in [-0.1, -0.05) is 11.8 Å². The summed E-state index contributed by atoms with van der Waals surface area (Å²) in [5, 5.41) is 8.63. The van der Waals surface area contributed by atoms with Gasteiger partial charge in [-0.25, -0.2) is 0 Å². The predicted octanol–water partition coefficient (Wildman–Crippen LogP) is 1.13. The topological polar surface area (TPSA) is 41.9 Å². The van der Waals surface area contributed by atoms with Crippen LogP contribution in [-0.2, 0) is 4.74 Å². The molecule has 0 atom stereocenters. The molecule has 108 valence electrons. The van der Waals surface area contributed by atoms with Crippen LogP contribution >= 0.6 is 0 Å². The van der Waals surface area contributed by atoms with Gasteiger partial charge in [-0.2, -0.15) is 0 Å². The highest BCUT2D eigenvalue weighted by Gasteiger charge is 2.08. The molecule has 0 radical (unpaired) electrons. The smallest absolute Gasteiger partial charge is 0.119 e. The van der Waals surface area contributed by atoms with E-state index >= 15 is 0 Å². The molecule has 2 rings (SSSR count). The van der Waals surface area contributed by atoms with E-state index in [2.05, 4.69) is 16.7 Å². The fourth-order valence-corrected chi connectivity index (χ4v) is 2.09. The van der Waals surface area contributed by atoms with E-state index in [0.29, 0.717) is 6.61 Å². The number of ether oxygens (including phenoxy) is 2. The first-order valence-corrected chi connectivity index (χ1v) is 7.01. The predicted molar refractivity (Wildman–Crippen MR) is 77.8 cm³/mol. The van der Waals surface area contributed by atoms with Crippen molar-refractivity contribution in [1.82, 2.24) is 4.90 Å². The van der Waals surface area contributed by atoms with Crippen molar-refractivity contribution < 1.29 is 14.6 Å². The number of benzene rings is 1. The van der Waals surface area contributed by atoms with Crippen molar-refractivity contribution in [2.75, 3.05) is 46.1 Å². The van der Waals surface area contributed by atoms with E-state index < -0.39 is 0 Å². The molecule has 1 aromatic rings. The van der Waals surface area contributed by atoms with E-state index in [4.69, 9.17) is 14.6 Å². The second kappa shape index (κ2) is 8.60. The lowest BCUT2D eigenvalue weighted by Crippen LogP contribution is -2.30. The molecular weight excluding hydrogens is 254 g/mol. The van der Waals surface area contributed by atoms with Crippen LogP contribution in [0.5, 0.6) is 5.75 Å². The van der Waals surface area contributed by atoms with E-state index in [9.17, 15) is 0 Å². The fraction of sp³-hybridized carbons (Fsp3) is 0.500. The molecule has 0 aliphatic carbocycles. The summed E-state index contributed by atoms with van der Waals surface area (Å²) in [6, 6.07) is 7.62. The summed E-state index contributed by atoms with van der Waals surface area (Å²) < 4.78 is 11.2. The lowest BCUT2D eigenvalue weighted by molar-refractivity contribution is 0.137. The number of aliphatic hydroxyl groups excluding tert-OH is 1. The molecule has 1 N–H and O–H groups in total. The summed E-state index contributed by atoms with van der Waals surface area (Å²) in [5.41, 5.74) is 0.885. The number of rotatable bonds is 4. The first-order valence-electron chi connectivity index (χ1n) is 7.01. The van der Waals surface area contributed by atoms with Crippen LogP contribution in [0.25, 0.3) is 0 Å². The second-order valence-electron chi connectivity index (χ2n) is 4.64. The van der Waals surface area contributed by atoms with E-state index in [1.165, 1.54) is 0 Å². The van der Waals surface area contributed by atoms with Crippen molar-refractivity contribution in [2.45, 2.75) is 6.42 Å². The summed E-state index contributed by atoms with van der Waals surface area (Å²) in [6.07, 6.45) is 1.10. The van der Waals surface area contributed by atoms with Crippen LogP contribution in [0.1, 0.15) is 12.0 Å². The van der Waals surface area contributed by atoms with Crippen molar-refractivity contribution in [1.29, 1.82) is 0 Å². The summed E-state index contributed by atoms with van der Waals surface area (Å²) in [7, 11) is 0. The standard InChI is InChI=1S/C16H21NO3/c18-11-1-3-15-4-6-16(7-5-15)20-14-10-17-8-2-12-19-13-9-17/h4-7,18H,2,8-14H2.